The number of carbonyl (C=O) groups is 2. The van der Waals surface area contributed by atoms with Gasteiger partial charge in [0.2, 0.25) is 0 Å². The van der Waals surface area contributed by atoms with Gasteiger partial charge in [-0.15, -0.1) is 0 Å². The van der Waals surface area contributed by atoms with Gasteiger partial charge >= 0.3 is 12.0 Å². The van der Waals surface area contributed by atoms with E-state index < -0.39 is 5.97 Å². The fourth-order valence-corrected chi connectivity index (χ4v) is 1.78. The van der Waals surface area contributed by atoms with E-state index in [0.29, 0.717) is 17.3 Å². The fourth-order valence-electron chi connectivity index (χ4n) is 1.66. The van der Waals surface area contributed by atoms with Gasteiger partial charge in [-0.05, 0) is 42.0 Å². The molecule has 2 aromatic rings. The first-order valence-corrected chi connectivity index (χ1v) is 6.55. The minimum Gasteiger partial charge on any atom is -0.478 e. The lowest BCUT2D eigenvalue weighted by Crippen LogP contribution is -2.28. The minimum atomic E-state index is -1.01. The molecule has 0 spiro atoms. The zero-order valence-electron chi connectivity index (χ0n) is 11.0. The minimum absolute atomic E-state index is 0.169. The summed E-state index contributed by atoms with van der Waals surface area (Å²) in [7, 11) is 0. The molecule has 0 fully saturated rings. The number of carbonyl (C=O) groups excluding carboxylic acids is 1. The highest BCUT2D eigenvalue weighted by Crippen LogP contribution is 2.10. The molecule has 21 heavy (non-hydrogen) atoms. The molecule has 108 valence electrons. The number of carboxylic acid groups (broad SMARTS) is 1. The summed E-state index contributed by atoms with van der Waals surface area (Å²) in [6, 6.07) is 12.7. The molecule has 0 radical (unpaired) electrons. The standard InChI is InChI=1S/C15H13ClN2O3/c16-12-5-1-10(2-6-12)9-17-15(21)18-13-7-3-11(4-8-13)14(19)20/h1-8H,9H2,(H,19,20)(H2,17,18,21). The van der Waals surface area contributed by atoms with Crippen LogP contribution < -0.4 is 10.6 Å². The molecule has 0 aromatic heterocycles. The van der Waals surface area contributed by atoms with Gasteiger partial charge in [0.1, 0.15) is 0 Å². The Morgan fingerprint density at radius 1 is 1.00 bits per heavy atom. The van der Waals surface area contributed by atoms with Gasteiger partial charge in [0.25, 0.3) is 0 Å². The molecule has 0 unspecified atom stereocenters. The maximum Gasteiger partial charge on any atom is 0.335 e. The fraction of sp³-hybridized carbons (Fsp3) is 0.0667. The number of amides is 2. The van der Waals surface area contributed by atoms with Crippen molar-refractivity contribution in [1.29, 1.82) is 0 Å². The van der Waals surface area contributed by atoms with E-state index in [4.69, 9.17) is 16.7 Å². The molecule has 5 nitrogen and oxygen atoms in total. The number of benzene rings is 2. The lowest BCUT2D eigenvalue weighted by atomic mass is 10.2. The Balaban J connectivity index is 1.86. The van der Waals surface area contributed by atoms with Crippen molar-refractivity contribution in [1.82, 2.24) is 5.32 Å². The number of anilines is 1. The van der Waals surface area contributed by atoms with Crippen molar-refractivity contribution in [2.75, 3.05) is 5.32 Å². The molecule has 2 amide bonds. The maximum absolute atomic E-state index is 11.7. The molecule has 0 heterocycles. The monoisotopic (exact) mass is 304 g/mol. The highest BCUT2D eigenvalue weighted by molar-refractivity contribution is 6.30. The largest absolute Gasteiger partial charge is 0.478 e. The van der Waals surface area contributed by atoms with Crippen LogP contribution in [0.3, 0.4) is 0 Å². The Kier molecular flexibility index (Phi) is 4.79. The van der Waals surface area contributed by atoms with Crippen LogP contribution in [-0.4, -0.2) is 17.1 Å². The van der Waals surface area contributed by atoms with E-state index in [1.807, 2.05) is 12.1 Å². The predicted octanol–water partition coefficient (Wildman–Crippen LogP) is 3.36. The van der Waals surface area contributed by atoms with Gasteiger partial charge in [-0.1, -0.05) is 23.7 Å². The van der Waals surface area contributed by atoms with Crippen LogP contribution in [-0.2, 0) is 6.54 Å². The summed E-state index contributed by atoms with van der Waals surface area (Å²) in [5.74, 6) is -1.01. The lowest BCUT2D eigenvalue weighted by molar-refractivity contribution is 0.0697. The van der Waals surface area contributed by atoms with Crippen LogP contribution in [0.1, 0.15) is 15.9 Å². The second kappa shape index (κ2) is 6.76. The van der Waals surface area contributed by atoms with Crippen molar-refractivity contribution < 1.29 is 14.7 Å². The average Bonchev–Trinajstić information content (AvgIpc) is 2.47. The molecule has 2 aromatic carbocycles. The van der Waals surface area contributed by atoms with Crippen molar-refractivity contribution in [3.05, 3.63) is 64.7 Å². The van der Waals surface area contributed by atoms with Crippen LogP contribution in [0.15, 0.2) is 48.5 Å². The summed E-state index contributed by atoms with van der Waals surface area (Å²) in [6.45, 7) is 0.371. The molecule has 0 saturated carbocycles. The predicted molar refractivity (Wildman–Crippen MR) is 80.7 cm³/mol. The summed E-state index contributed by atoms with van der Waals surface area (Å²) in [5, 5.41) is 14.7. The van der Waals surface area contributed by atoms with Gasteiger partial charge in [-0.2, -0.15) is 0 Å². The Labute approximate surface area is 126 Å². The van der Waals surface area contributed by atoms with Crippen LogP contribution >= 0.6 is 11.6 Å². The highest BCUT2D eigenvalue weighted by atomic mass is 35.5. The molecule has 0 aliphatic rings. The number of hydrogen-bond acceptors (Lipinski definition) is 2. The van der Waals surface area contributed by atoms with Crippen LogP contribution in [0.4, 0.5) is 10.5 Å². The van der Waals surface area contributed by atoms with Crippen LogP contribution in [0.5, 0.6) is 0 Å². The first-order chi connectivity index (χ1) is 10.0. The molecule has 0 saturated heterocycles. The number of rotatable bonds is 4. The van der Waals surface area contributed by atoms with E-state index in [-0.39, 0.29) is 11.6 Å². The zero-order chi connectivity index (χ0) is 15.2. The van der Waals surface area contributed by atoms with E-state index in [1.54, 1.807) is 12.1 Å². The first kappa shape index (κ1) is 14.9. The summed E-state index contributed by atoms with van der Waals surface area (Å²) >= 11 is 5.78. The van der Waals surface area contributed by atoms with Crippen molar-refractivity contribution in [3.8, 4) is 0 Å². The van der Waals surface area contributed by atoms with Crippen LogP contribution in [0.2, 0.25) is 5.02 Å². The van der Waals surface area contributed by atoms with Crippen LogP contribution in [0.25, 0.3) is 0 Å². The number of urea groups is 1. The average molecular weight is 305 g/mol. The Morgan fingerprint density at radius 3 is 2.19 bits per heavy atom. The van der Waals surface area contributed by atoms with E-state index in [9.17, 15) is 9.59 Å². The lowest BCUT2D eigenvalue weighted by Gasteiger charge is -2.08. The first-order valence-electron chi connectivity index (χ1n) is 6.17. The highest BCUT2D eigenvalue weighted by Gasteiger charge is 2.04. The summed E-state index contributed by atoms with van der Waals surface area (Å²) in [5.41, 5.74) is 1.62. The number of nitrogens with one attached hydrogen (secondary N) is 2. The number of aromatic carboxylic acids is 1. The normalized spacial score (nSPS) is 9.95. The van der Waals surface area contributed by atoms with Gasteiger partial charge in [0.05, 0.1) is 5.56 Å². The molecule has 2 rings (SSSR count). The topological polar surface area (TPSA) is 78.4 Å². The smallest absolute Gasteiger partial charge is 0.335 e. The van der Waals surface area contributed by atoms with Crippen molar-refractivity contribution in [2.45, 2.75) is 6.54 Å². The summed E-state index contributed by atoms with van der Waals surface area (Å²) in [4.78, 5) is 22.4. The zero-order valence-corrected chi connectivity index (χ0v) is 11.7. The van der Waals surface area contributed by atoms with Crippen molar-refractivity contribution in [2.24, 2.45) is 0 Å². The quantitative estimate of drug-likeness (QED) is 0.810. The molecular formula is C15H13ClN2O3. The third kappa shape index (κ3) is 4.50. The van der Waals surface area contributed by atoms with E-state index in [2.05, 4.69) is 10.6 Å². The third-order valence-corrected chi connectivity index (χ3v) is 3.01. The van der Waals surface area contributed by atoms with Gasteiger partial charge in [-0.3, -0.25) is 0 Å². The second-order valence-corrected chi connectivity index (χ2v) is 4.75. The van der Waals surface area contributed by atoms with Crippen molar-refractivity contribution >= 4 is 29.3 Å². The summed E-state index contributed by atoms with van der Waals surface area (Å²) in [6.07, 6.45) is 0. The number of hydrogen-bond donors (Lipinski definition) is 3. The van der Waals surface area contributed by atoms with E-state index in [1.165, 1.54) is 24.3 Å². The van der Waals surface area contributed by atoms with E-state index in [0.717, 1.165) is 5.56 Å². The number of halogens is 1. The maximum atomic E-state index is 11.7. The van der Waals surface area contributed by atoms with Gasteiger partial charge in [0.15, 0.2) is 0 Å². The summed E-state index contributed by atoms with van der Waals surface area (Å²) < 4.78 is 0. The Morgan fingerprint density at radius 2 is 1.62 bits per heavy atom. The molecule has 3 N–H and O–H groups in total. The second-order valence-electron chi connectivity index (χ2n) is 4.32. The molecule has 0 bridgehead atoms. The Bertz CT molecular complexity index is 639. The number of carboxylic acids is 1. The Hall–Kier alpha value is -2.53. The SMILES string of the molecule is O=C(NCc1ccc(Cl)cc1)Nc1ccc(C(=O)O)cc1. The molecule has 0 aliphatic carbocycles. The molecule has 0 aliphatic heterocycles. The molecule has 6 heteroatoms. The van der Waals surface area contributed by atoms with E-state index >= 15 is 0 Å². The van der Waals surface area contributed by atoms with Gasteiger partial charge in [-0.25, -0.2) is 9.59 Å². The molecular weight excluding hydrogens is 292 g/mol. The van der Waals surface area contributed by atoms with Crippen molar-refractivity contribution in [3.63, 3.8) is 0 Å². The molecule has 0 atom stereocenters. The van der Waals surface area contributed by atoms with Gasteiger partial charge in [0, 0.05) is 17.3 Å². The van der Waals surface area contributed by atoms with Crippen LogP contribution in [0, 0.1) is 0 Å². The third-order valence-electron chi connectivity index (χ3n) is 2.76. The van der Waals surface area contributed by atoms with Gasteiger partial charge < -0.3 is 15.7 Å².